The predicted octanol–water partition coefficient (Wildman–Crippen LogP) is 0.875. The number of benzene rings is 2. The number of nitrogens with zero attached hydrogens (tertiary/aromatic N) is 8. The largest absolute Gasteiger partial charge is 0.368 e. The topological polar surface area (TPSA) is 407 Å². The van der Waals surface area contributed by atoms with Crippen molar-refractivity contribution in [1.29, 1.82) is 0 Å². The molecule has 0 saturated carbocycles. The number of likely N-dealkylation sites (N-methyl/N-ethyl adjacent to an activating group) is 1. The second-order valence-electron chi connectivity index (χ2n) is 11.2. The number of primary amides is 1. The van der Waals surface area contributed by atoms with Crippen molar-refractivity contribution in [3.05, 3.63) is 52.0 Å². The zero-order chi connectivity index (χ0) is 43.1. The van der Waals surface area contributed by atoms with Crippen LogP contribution in [0.25, 0.3) is 0 Å². The van der Waals surface area contributed by atoms with Crippen LogP contribution < -0.4 is 32.8 Å². The van der Waals surface area contributed by atoms with Crippen LogP contribution in [0.15, 0.2) is 61.3 Å². The van der Waals surface area contributed by atoms with Gasteiger partial charge in [-0.25, -0.2) is 0 Å². The number of nitrogen functional groups attached to an aromatic ring is 1. The highest BCUT2D eigenvalue weighted by molar-refractivity contribution is 7.87. The average molecular weight is 904 g/mol. The van der Waals surface area contributed by atoms with Crippen molar-refractivity contribution in [2.24, 2.45) is 10.8 Å². The number of imide groups is 1. The Labute approximate surface area is 335 Å². The number of carbonyl (C=O) groups is 3. The number of carbonyl (C=O) groups excluding carboxylic acids is 3. The number of amides is 3. The predicted molar refractivity (Wildman–Crippen MR) is 202 cm³/mol. The third-order valence-electron chi connectivity index (χ3n) is 7.37. The first-order valence-corrected chi connectivity index (χ1v) is 20.3. The van der Waals surface area contributed by atoms with Crippen molar-refractivity contribution in [2.75, 3.05) is 33.7 Å². The van der Waals surface area contributed by atoms with E-state index < -0.39 is 103 Å². The van der Waals surface area contributed by atoms with Crippen molar-refractivity contribution < 1.29 is 53.3 Å². The minimum Gasteiger partial charge on any atom is -0.368 e. The van der Waals surface area contributed by atoms with Gasteiger partial charge >= 0.3 is 0 Å². The lowest BCUT2D eigenvalue weighted by Crippen LogP contribution is -2.49. The van der Waals surface area contributed by atoms with Gasteiger partial charge in [-0.15, -0.1) is 0 Å². The Bertz CT molecular complexity index is 2820. The molecule has 0 fully saturated rings. The number of nitrogens with one attached hydrogen (secondary N) is 4. The summed E-state index contributed by atoms with van der Waals surface area (Å²) < 4.78 is 104. The normalized spacial score (nSPS) is 14.5. The SMILES string of the molecule is CCN1C(=O)C(C(N)=O)=C(C)/C(=N\Nc2cc(Nc3nc(Cl)nc(Nc4ccc(S(=O)(=O)O)c(Nc5nc(N)nc(Cl)n5)c4)n3)c(S(=O)(=O)O)cc2S(=O)(=O)O)C1=O. The Balaban J connectivity index is 1.57. The molecule has 0 saturated heterocycles. The van der Waals surface area contributed by atoms with Crippen molar-refractivity contribution >= 4 is 124 Å². The summed E-state index contributed by atoms with van der Waals surface area (Å²) >= 11 is 11.9. The van der Waals surface area contributed by atoms with Gasteiger partial charge in [-0.05, 0) is 67.4 Å². The van der Waals surface area contributed by atoms with E-state index in [1.54, 1.807) is 0 Å². The molecule has 4 aromatic rings. The van der Waals surface area contributed by atoms with E-state index in [9.17, 15) is 53.3 Å². The van der Waals surface area contributed by atoms with E-state index in [0.29, 0.717) is 17.0 Å². The molecule has 0 atom stereocenters. The molecule has 11 N–H and O–H groups in total. The molecule has 5 rings (SSSR count). The maximum atomic E-state index is 13.1. The highest BCUT2D eigenvalue weighted by Crippen LogP contribution is 2.35. The van der Waals surface area contributed by atoms with Crippen molar-refractivity contribution in [3.8, 4) is 0 Å². The Morgan fingerprint density at radius 3 is 1.79 bits per heavy atom. The van der Waals surface area contributed by atoms with Crippen LogP contribution in [-0.2, 0) is 44.7 Å². The molecule has 31 heteroatoms. The molecule has 0 radical (unpaired) electrons. The molecule has 58 heavy (non-hydrogen) atoms. The first-order chi connectivity index (χ1) is 26.9. The molecule has 1 aliphatic rings. The van der Waals surface area contributed by atoms with Crippen LogP contribution in [0.4, 0.5) is 46.5 Å². The Morgan fingerprint density at radius 2 is 1.26 bits per heavy atom. The molecule has 0 unspecified atom stereocenters. The maximum Gasteiger partial charge on any atom is 0.296 e. The Hall–Kier alpha value is -6.21. The zero-order valence-electron chi connectivity index (χ0n) is 28.8. The highest BCUT2D eigenvalue weighted by Gasteiger charge is 2.38. The second-order valence-corrected chi connectivity index (χ2v) is 16.0. The molecule has 0 aliphatic carbocycles. The van der Waals surface area contributed by atoms with E-state index in [0.717, 1.165) is 25.1 Å². The van der Waals surface area contributed by atoms with E-state index in [-0.39, 0.29) is 40.7 Å². The molecule has 2 aromatic heterocycles. The van der Waals surface area contributed by atoms with E-state index in [1.807, 2.05) is 0 Å². The zero-order valence-corrected chi connectivity index (χ0v) is 32.8. The summed E-state index contributed by atoms with van der Waals surface area (Å²) in [6, 6.07) is 4.19. The molecule has 306 valence electrons. The third-order valence-corrected chi connectivity index (χ3v) is 10.4. The number of rotatable bonds is 13. The summed E-state index contributed by atoms with van der Waals surface area (Å²) in [4.78, 5) is 58.2. The molecular weight excluding hydrogens is 879 g/mol. The number of anilines is 8. The summed E-state index contributed by atoms with van der Waals surface area (Å²) in [5, 5.41) is 10.5. The van der Waals surface area contributed by atoms with Gasteiger partial charge in [0.05, 0.1) is 17.1 Å². The van der Waals surface area contributed by atoms with E-state index >= 15 is 0 Å². The molecule has 2 aromatic carbocycles. The third kappa shape index (κ3) is 9.48. The molecule has 1 aliphatic heterocycles. The maximum absolute atomic E-state index is 13.1. The average Bonchev–Trinajstić information content (AvgIpc) is 3.06. The lowest BCUT2D eigenvalue weighted by atomic mass is 9.97. The summed E-state index contributed by atoms with van der Waals surface area (Å²) in [6.45, 7) is 2.32. The number of hydrogen-bond donors (Lipinski definition) is 9. The Kier molecular flexibility index (Phi) is 11.8. The summed E-state index contributed by atoms with van der Waals surface area (Å²) in [7, 11) is -15.6. The molecule has 0 spiro atoms. The first-order valence-electron chi connectivity index (χ1n) is 15.2. The van der Waals surface area contributed by atoms with Crippen LogP contribution in [-0.4, -0.2) is 104 Å². The van der Waals surface area contributed by atoms with E-state index in [2.05, 4.69) is 56.4 Å². The monoisotopic (exact) mass is 902 g/mol. The van der Waals surface area contributed by atoms with Gasteiger partial charge in [0.15, 0.2) is 5.71 Å². The fraction of sp³-hybridized carbons (Fsp3) is 0.111. The van der Waals surface area contributed by atoms with Crippen LogP contribution in [0.3, 0.4) is 0 Å². The lowest BCUT2D eigenvalue weighted by molar-refractivity contribution is -0.139. The standard InChI is InChI=1S/C27H24Cl2N14O12S3/c1-3-43-20(45)17(19(30)44)9(2)18(21(43)46)42-41-13-7-12(15(57(50,51)52)8-16(13)58(53,54)55)34-27-38-23(29)37-25(40-27)32-10-4-5-14(56(47,48)49)11(6-10)33-26-36-22(28)35-24(31)39-26/h4-8,41H,3H2,1-2H3,(H2,30,44)(H,47,48,49)(H,50,51,52)(H,53,54,55)(H3,31,33,35,36,39)(H2,32,34,37,38,40)/b42-18+. The van der Waals surface area contributed by atoms with Crippen molar-refractivity contribution in [1.82, 2.24) is 34.8 Å². The molecule has 0 bridgehead atoms. The number of hydrogen-bond acceptors (Lipinski definition) is 21. The van der Waals surface area contributed by atoms with Crippen molar-refractivity contribution in [3.63, 3.8) is 0 Å². The lowest BCUT2D eigenvalue weighted by Gasteiger charge is -2.26. The van der Waals surface area contributed by atoms with Crippen LogP contribution >= 0.6 is 23.2 Å². The van der Waals surface area contributed by atoms with Crippen LogP contribution in [0.5, 0.6) is 0 Å². The van der Waals surface area contributed by atoms with Crippen LogP contribution in [0, 0.1) is 0 Å². The van der Waals surface area contributed by atoms with Gasteiger partial charge in [0.1, 0.15) is 20.3 Å². The van der Waals surface area contributed by atoms with Gasteiger partial charge in [-0.2, -0.15) is 60.3 Å². The summed E-state index contributed by atoms with van der Waals surface area (Å²) in [5.41, 5.74) is 9.78. The Morgan fingerprint density at radius 1 is 0.741 bits per heavy atom. The van der Waals surface area contributed by atoms with Crippen LogP contribution in [0.2, 0.25) is 10.6 Å². The van der Waals surface area contributed by atoms with Gasteiger partial charge in [0, 0.05) is 17.8 Å². The molecule has 3 heterocycles. The first kappa shape index (κ1) is 42.9. The van der Waals surface area contributed by atoms with Gasteiger partial charge in [-0.3, -0.25) is 38.4 Å². The second kappa shape index (κ2) is 16.0. The quantitative estimate of drug-likeness (QED) is 0.0389. The number of hydrazone groups is 1. The minimum atomic E-state index is -5.35. The van der Waals surface area contributed by atoms with E-state index in [1.165, 1.54) is 6.92 Å². The van der Waals surface area contributed by atoms with Gasteiger partial charge in [-0.1, -0.05) is 0 Å². The van der Waals surface area contributed by atoms with E-state index in [4.69, 9.17) is 34.7 Å². The van der Waals surface area contributed by atoms with Crippen molar-refractivity contribution in [2.45, 2.75) is 28.5 Å². The molecule has 26 nitrogen and oxygen atoms in total. The smallest absolute Gasteiger partial charge is 0.296 e. The van der Waals surface area contributed by atoms with Gasteiger partial charge in [0.2, 0.25) is 34.4 Å². The number of aromatic nitrogens is 6. The van der Waals surface area contributed by atoms with Gasteiger partial charge < -0.3 is 27.4 Å². The fourth-order valence-corrected chi connectivity index (χ4v) is 7.31. The van der Waals surface area contributed by atoms with Crippen LogP contribution in [0.1, 0.15) is 13.8 Å². The summed E-state index contributed by atoms with van der Waals surface area (Å²) in [6.07, 6.45) is 0. The minimum absolute atomic E-state index is 0.00223. The number of halogens is 2. The number of nitrogens with two attached hydrogens (primary N) is 2. The van der Waals surface area contributed by atoms with Gasteiger partial charge in [0.25, 0.3) is 48.1 Å². The fourth-order valence-electron chi connectivity index (χ4n) is 4.98. The molecular formula is C27H24Cl2N14O12S3. The summed E-state index contributed by atoms with van der Waals surface area (Å²) in [5.74, 6) is -4.93. The highest BCUT2D eigenvalue weighted by atomic mass is 35.5. The molecule has 3 amide bonds.